The van der Waals surface area contributed by atoms with E-state index in [1.54, 1.807) is 0 Å². The average molecular weight is 230 g/mol. The summed E-state index contributed by atoms with van der Waals surface area (Å²) in [7, 11) is 0. The SMILES string of the molecule is CCCC(C)[CH2][Zn+].[Br-]. The van der Waals surface area contributed by atoms with Crippen LogP contribution in [0.5, 0.6) is 0 Å². The van der Waals surface area contributed by atoms with Gasteiger partial charge in [-0.3, -0.25) is 0 Å². The summed E-state index contributed by atoms with van der Waals surface area (Å²) in [5.74, 6) is 1.00. The second-order valence-corrected chi connectivity index (χ2v) is 3.39. The van der Waals surface area contributed by atoms with Crippen molar-refractivity contribution in [3.8, 4) is 0 Å². The molecule has 46 valence electrons. The van der Waals surface area contributed by atoms with E-state index in [4.69, 9.17) is 0 Å². The molecule has 0 saturated carbocycles. The summed E-state index contributed by atoms with van der Waals surface area (Å²) in [4.78, 5) is 0. The van der Waals surface area contributed by atoms with Gasteiger partial charge in [0.2, 0.25) is 0 Å². The molecule has 0 aliphatic heterocycles. The zero-order valence-corrected chi connectivity index (χ0v) is 10.3. The number of hydrogen-bond donors (Lipinski definition) is 0. The molecule has 0 aliphatic carbocycles. The van der Waals surface area contributed by atoms with Gasteiger partial charge in [-0.25, -0.2) is 0 Å². The van der Waals surface area contributed by atoms with Crippen LogP contribution < -0.4 is 17.0 Å². The van der Waals surface area contributed by atoms with Crippen molar-refractivity contribution in [1.29, 1.82) is 0 Å². The third kappa shape index (κ3) is 7.10. The zero-order valence-electron chi connectivity index (χ0n) is 5.78. The molecule has 1 atom stereocenters. The molecule has 0 bridgehead atoms. The van der Waals surface area contributed by atoms with E-state index in [9.17, 15) is 0 Å². The average Bonchev–Trinajstić information content (AvgIpc) is 1.68. The van der Waals surface area contributed by atoms with Gasteiger partial charge in [0.15, 0.2) is 0 Å². The van der Waals surface area contributed by atoms with Gasteiger partial charge < -0.3 is 17.0 Å². The van der Waals surface area contributed by atoms with Crippen molar-refractivity contribution in [2.45, 2.75) is 31.7 Å². The molecule has 0 aromatic rings. The molecule has 2 heteroatoms. The van der Waals surface area contributed by atoms with E-state index in [1.165, 1.54) is 36.2 Å². The molecule has 0 aromatic carbocycles. The van der Waals surface area contributed by atoms with E-state index in [2.05, 4.69) is 13.8 Å². The van der Waals surface area contributed by atoms with E-state index < -0.39 is 0 Å². The second-order valence-electron chi connectivity index (χ2n) is 2.18. The third-order valence-corrected chi connectivity index (χ3v) is 3.34. The minimum Gasteiger partial charge on any atom is -1.00 e. The summed E-state index contributed by atoms with van der Waals surface area (Å²) in [6.07, 6.45) is 2.79. The Hall–Kier alpha value is 1.10. The molecule has 0 rings (SSSR count). The van der Waals surface area contributed by atoms with Gasteiger partial charge >= 0.3 is 55.9 Å². The summed E-state index contributed by atoms with van der Waals surface area (Å²) in [5, 5.41) is 1.47. The van der Waals surface area contributed by atoms with E-state index in [0.29, 0.717) is 0 Å². The first-order valence-electron chi connectivity index (χ1n) is 3.10. The van der Waals surface area contributed by atoms with Gasteiger partial charge in [0.25, 0.3) is 0 Å². The van der Waals surface area contributed by atoms with E-state index in [1.807, 2.05) is 0 Å². The molecular formula is C6H13BrZn. The monoisotopic (exact) mass is 228 g/mol. The first kappa shape index (κ1) is 11.8. The Morgan fingerprint density at radius 2 is 2.00 bits per heavy atom. The Bertz CT molecular complexity index is 39.5. The normalized spacial score (nSPS) is 12.5. The molecule has 0 nitrogen and oxygen atoms in total. The Kier molecular flexibility index (Phi) is 12.0. The van der Waals surface area contributed by atoms with Crippen LogP contribution in [-0.2, 0) is 18.3 Å². The Morgan fingerprint density at radius 3 is 2.12 bits per heavy atom. The second kappa shape index (κ2) is 8.10. The summed E-state index contributed by atoms with van der Waals surface area (Å²) in [6, 6.07) is 0. The fraction of sp³-hybridized carbons (Fsp3) is 1.00. The maximum Gasteiger partial charge on any atom is -1.00 e. The molecule has 0 spiro atoms. The van der Waals surface area contributed by atoms with E-state index >= 15 is 0 Å². The van der Waals surface area contributed by atoms with Crippen LogP contribution in [0.3, 0.4) is 0 Å². The summed E-state index contributed by atoms with van der Waals surface area (Å²) >= 11 is 1.47. The maximum atomic E-state index is 2.34. The van der Waals surface area contributed by atoms with Crippen LogP contribution in [-0.4, -0.2) is 0 Å². The van der Waals surface area contributed by atoms with Crippen molar-refractivity contribution in [2.75, 3.05) is 0 Å². The van der Waals surface area contributed by atoms with Crippen molar-refractivity contribution in [1.82, 2.24) is 0 Å². The van der Waals surface area contributed by atoms with Crippen LogP contribution in [0.25, 0.3) is 0 Å². The molecular weight excluding hydrogens is 217 g/mol. The Balaban J connectivity index is 0. The molecule has 0 aromatic heterocycles. The molecule has 0 fully saturated rings. The van der Waals surface area contributed by atoms with Crippen LogP contribution in [0.15, 0.2) is 0 Å². The first-order valence-corrected chi connectivity index (χ1v) is 5.20. The fourth-order valence-electron chi connectivity index (χ4n) is 0.637. The number of halogens is 1. The van der Waals surface area contributed by atoms with Crippen molar-refractivity contribution < 1.29 is 35.3 Å². The quantitative estimate of drug-likeness (QED) is 0.568. The van der Waals surface area contributed by atoms with Crippen molar-refractivity contribution >= 4 is 0 Å². The van der Waals surface area contributed by atoms with Gasteiger partial charge in [-0.05, 0) is 0 Å². The van der Waals surface area contributed by atoms with Gasteiger partial charge in [-0.1, -0.05) is 0 Å². The number of hydrogen-bond acceptors (Lipinski definition) is 0. The van der Waals surface area contributed by atoms with Gasteiger partial charge in [0.1, 0.15) is 0 Å². The Morgan fingerprint density at radius 1 is 1.50 bits per heavy atom. The minimum atomic E-state index is 0. The van der Waals surface area contributed by atoms with Crippen LogP contribution in [0.4, 0.5) is 0 Å². The summed E-state index contributed by atoms with van der Waals surface area (Å²) in [5.41, 5.74) is 0. The van der Waals surface area contributed by atoms with Crippen molar-refractivity contribution in [2.24, 2.45) is 5.92 Å². The van der Waals surface area contributed by atoms with E-state index in [0.717, 1.165) is 5.92 Å². The fourth-order valence-corrected chi connectivity index (χ4v) is 1.24. The van der Waals surface area contributed by atoms with Crippen LogP contribution >= 0.6 is 0 Å². The first-order chi connectivity index (χ1) is 3.31. The van der Waals surface area contributed by atoms with Gasteiger partial charge in [0, 0.05) is 0 Å². The van der Waals surface area contributed by atoms with E-state index in [-0.39, 0.29) is 17.0 Å². The topological polar surface area (TPSA) is 0 Å². The Labute approximate surface area is 72.9 Å². The largest absolute Gasteiger partial charge is 1.00 e. The van der Waals surface area contributed by atoms with Gasteiger partial charge in [0.05, 0.1) is 0 Å². The molecule has 1 unspecified atom stereocenters. The minimum absolute atomic E-state index is 0. The predicted molar refractivity (Wildman–Crippen MR) is 28.9 cm³/mol. The standard InChI is InChI=1S/C6H13.BrH.Zn/c1-4-5-6(2)3;;/h6H,2,4-5H2,1,3H3;1H;/q;;+1/p-1. The zero-order chi connectivity index (χ0) is 5.70. The third-order valence-electron chi connectivity index (χ3n) is 1.27. The van der Waals surface area contributed by atoms with Crippen molar-refractivity contribution in [3.05, 3.63) is 0 Å². The smallest absolute Gasteiger partial charge is 1.00 e. The predicted octanol–water partition coefficient (Wildman–Crippen LogP) is -0.608. The van der Waals surface area contributed by atoms with Crippen LogP contribution in [0, 0.1) is 5.92 Å². The van der Waals surface area contributed by atoms with Gasteiger partial charge in [-0.2, -0.15) is 0 Å². The maximum absolute atomic E-state index is 2.34. The molecule has 0 radical (unpaired) electrons. The molecule has 0 N–H and O–H groups in total. The summed E-state index contributed by atoms with van der Waals surface area (Å²) < 4.78 is 0. The number of rotatable bonds is 3. The molecule has 8 heavy (non-hydrogen) atoms. The summed E-state index contributed by atoms with van der Waals surface area (Å²) in [6.45, 7) is 4.60. The molecule has 0 heterocycles. The van der Waals surface area contributed by atoms with Crippen LogP contribution in [0.1, 0.15) is 26.7 Å². The molecule has 0 aliphatic rings. The molecule has 0 saturated heterocycles. The van der Waals surface area contributed by atoms with Gasteiger partial charge in [-0.15, -0.1) is 0 Å². The van der Waals surface area contributed by atoms with Crippen LogP contribution in [0.2, 0.25) is 5.02 Å². The molecule has 0 amide bonds. The van der Waals surface area contributed by atoms with Crippen molar-refractivity contribution in [3.63, 3.8) is 0 Å².